The highest BCUT2D eigenvalue weighted by molar-refractivity contribution is 6.43. The lowest BCUT2D eigenvalue weighted by atomic mass is 10.2. The van der Waals surface area contributed by atoms with Crippen LogP contribution in [0.4, 0.5) is 5.69 Å². The number of piperazine rings is 1. The SMILES string of the molecule is NN1CCN(c2cccc(Cl)c2Cl)CC1. The minimum Gasteiger partial charge on any atom is -0.368 e. The summed E-state index contributed by atoms with van der Waals surface area (Å²) in [7, 11) is 0. The molecule has 3 nitrogen and oxygen atoms in total. The van der Waals surface area contributed by atoms with Crippen molar-refractivity contribution in [1.82, 2.24) is 5.01 Å². The van der Waals surface area contributed by atoms with Crippen LogP contribution in [-0.2, 0) is 0 Å². The first-order valence-corrected chi connectivity index (χ1v) is 5.62. The molecular formula is C10H13Cl2N3. The summed E-state index contributed by atoms with van der Waals surface area (Å²) in [6, 6.07) is 5.70. The molecule has 0 bridgehead atoms. The third kappa shape index (κ3) is 2.37. The molecule has 1 aromatic carbocycles. The van der Waals surface area contributed by atoms with Gasteiger partial charge >= 0.3 is 0 Å². The quantitative estimate of drug-likeness (QED) is 0.769. The summed E-state index contributed by atoms with van der Waals surface area (Å²) in [5.41, 5.74) is 0.997. The lowest BCUT2D eigenvalue weighted by molar-refractivity contribution is 0.266. The average molecular weight is 246 g/mol. The first-order chi connectivity index (χ1) is 7.18. The van der Waals surface area contributed by atoms with Gasteiger partial charge in [-0.2, -0.15) is 0 Å². The maximum absolute atomic E-state index is 6.14. The van der Waals surface area contributed by atoms with Crippen molar-refractivity contribution in [3.63, 3.8) is 0 Å². The fourth-order valence-electron chi connectivity index (χ4n) is 1.70. The van der Waals surface area contributed by atoms with Gasteiger partial charge in [0.25, 0.3) is 0 Å². The predicted octanol–water partition coefficient (Wildman–Crippen LogP) is 1.99. The van der Waals surface area contributed by atoms with E-state index in [1.807, 2.05) is 17.1 Å². The molecule has 0 saturated carbocycles. The van der Waals surface area contributed by atoms with Gasteiger partial charge in [0.1, 0.15) is 0 Å². The van der Waals surface area contributed by atoms with E-state index in [0.29, 0.717) is 10.0 Å². The second kappa shape index (κ2) is 4.58. The van der Waals surface area contributed by atoms with Crippen molar-refractivity contribution in [2.45, 2.75) is 0 Å². The smallest absolute Gasteiger partial charge is 0.0825 e. The Bertz CT molecular complexity index is 349. The molecule has 1 heterocycles. The van der Waals surface area contributed by atoms with Gasteiger partial charge < -0.3 is 4.90 Å². The number of benzene rings is 1. The fourth-order valence-corrected chi connectivity index (χ4v) is 2.11. The summed E-state index contributed by atoms with van der Waals surface area (Å²) in [5.74, 6) is 5.69. The van der Waals surface area contributed by atoms with E-state index >= 15 is 0 Å². The largest absolute Gasteiger partial charge is 0.368 e. The van der Waals surface area contributed by atoms with Crippen LogP contribution in [0, 0.1) is 0 Å². The summed E-state index contributed by atoms with van der Waals surface area (Å²) in [6.45, 7) is 3.47. The Labute approximate surface area is 99.3 Å². The van der Waals surface area contributed by atoms with Gasteiger partial charge in [-0.15, -0.1) is 0 Å². The van der Waals surface area contributed by atoms with Gasteiger partial charge in [-0.25, -0.2) is 5.01 Å². The maximum Gasteiger partial charge on any atom is 0.0825 e. The molecule has 0 atom stereocenters. The molecule has 2 N–H and O–H groups in total. The zero-order valence-corrected chi connectivity index (χ0v) is 9.80. The molecule has 5 heteroatoms. The van der Waals surface area contributed by atoms with Crippen molar-refractivity contribution in [2.75, 3.05) is 31.1 Å². The number of hydrogen-bond acceptors (Lipinski definition) is 3. The molecule has 15 heavy (non-hydrogen) atoms. The van der Waals surface area contributed by atoms with Crippen molar-refractivity contribution in [3.8, 4) is 0 Å². The molecule has 0 spiro atoms. The van der Waals surface area contributed by atoms with Crippen LogP contribution in [-0.4, -0.2) is 31.2 Å². The molecule has 1 saturated heterocycles. The Hall–Kier alpha value is -0.480. The van der Waals surface area contributed by atoms with Crippen LogP contribution in [0.2, 0.25) is 10.0 Å². The van der Waals surface area contributed by atoms with Crippen molar-refractivity contribution in [1.29, 1.82) is 0 Å². The Morgan fingerprint density at radius 1 is 1.07 bits per heavy atom. The summed E-state index contributed by atoms with van der Waals surface area (Å²) >= 11 is 12.1. The van der Waals surface area contributed by atoms with Crippen LogP contribution in [0.1, 0.15) is 0 Å². The molecule has 1 fully saturated rings. The van der Waals surface area contributed by atoms with Crippen molar-refractivity contribution < 1.29 is 0 Å². The highest BCUT2D eigenvalue weighted by Gasteiger charge is 2.17. The van der Waals surface area contributed by atoms with Crippen molar-refractivity contribution >= 4 is 28.9 Å². The van der Waals surface area contributed by atoms with E-state index in [2.05, 4.69) is 4.90 Å². The van der Waals surface area contributed by atoms with E-state index in [9.17, 15) is 0 Å². The fraction of sp³-hybridized carbons (Fsp3) is 0.400. The highest BCUT2D eigenvalue weighted by atomic mass is 35.5. The third-order valence-corrected chi connectivity index (χ3v) is 3.40. The number of hydrazine groups is 1. The molecule has 0 aromatic heterocycles. The zero-order valence-electron chi connectivity index (χ0n) is 8.29. The topological polar surface area (TPSA) is 32.5 Å². The van der Waals surface area contributed by atoms with Gasteiger partial charge in [0, 0.05) is 26.2 Å². The van der Waals surface area contributed by atoms with Gasteiger partial charge in [0.15, 0.2) is 0 Å². The van der Waals surface area contributed by atoms with E-state index in [1.165, 1.54) is 0 Å². The van der Waals surface area contributed by atoms with Gasteiger partial charge in [0.05, 0.1) is 15.7 Å². The number of rotatable bonds is 1. The van der Waals surface area contributed by atoms with Crippen LogP contribution in [0.25, 0.3) is 0 Å². The molecule has 82 valence electrons. The normalized spacial score (nSPS) is 18.2. The second-order valence-electron chi connectivity index (χ2n) is 3.60. The Kier molecular flexibility index (Phi) is 3.36. The van der Waals surface area contributed by atoms with E-state index in [4.69, 9.17) is 29.0 Å². The second-order valence-corrected chi connectivity index (χ2v) is 4.38. The summed E-state index contributed by atoms with van der Waals surface area (Å²) in [5, 5.41) is 3.04. The first kappa shape index (κ1) is 11.0. The number of halogens is 2. The van der Waals surface area contributed by atoms with Crippen LogP contribution in [0.15, 0.2) is 18.2 Å². The maximum atomic E-state index is 6.14. The molecule has 0 radical (unpaired) electrons. The molecule has 2 rings (SSSR count). The lowest BCUT2D eigenvalue weighted by Crippen LogP contribution is -2.49. The van der Waals surface area contributed by atoms with Crippen LogP contribution in [0.5, 0.6) is 0 Å². The molecule has 0 aliphatic carbocycles. The van der Waals surface area contributed by atoms with Crippen LogP contribution < -0.4 is 10.7 Å². The zero-order chi connectivity index (χ0) is 10.8. The van der Waals surface area contributed by atoms with Crippen LogP contribution in [0.3, 0.4) is 0 Å². The van der Waals surface area contributed by atoms with Crippen LogP contribution >= 0.6 is 23.2 Å². The van der Waals surface area contributed by atoms with Gasteiger partial charge in [-0.1, -0.05) is 29.3 Å². The highest BCUT2D eigenvalue weighted by Crippen LogP contribution is 2.32. The lowest BCUT2D eigenvalue weighted by Gasteiger charge is -2.34. The Morgan fingerprint density at radius 2 is 1.73 bits per heavy atom. The first-order valence-electron chi connectivity index (χ1n) is 4.87. The number of nitrogens with zero attached hydrogens (tertiary/aromatic N) is 2. The van der Waals surface area contributed by atoms with Gasteiger partial charge in [-0.05, 0) is 12.1 Å². The summed E-state index contributed by atoms with van der Waals surface area (Å²) < 4.78 is 0. The molecule has 1 aliphatic heterocycles. The molecule has 0 unspecified atom stereocenters. The Balaban J connectivity index is 2.19. The third-order valence-electron chi connectivity index (χ3n) is 2.59. The van der Waals surface area contributed by atoms with Gasteiger partial charge in [-0.3, -0.25) is 5.84 Å². The number of hydrogen-bond donors (Lipinski definition) is 1. The molecule has 1 aliphatic rings. The van der Waals surface area contributed by atoms with E-state index in [-0.39, 0.29) is 0 Å². The number of anilines is 1. The monoisotopic (exact) mass is 245 g/mol. The predicted molar refractivity (Wildman–Crippen MR) is 64.4 cm³/mol. The molecule has 1 aromatic rings. The van der Waals surface area contributed by atoms with E-state index < -0.39 is 0 Å². The average Bonchev–Trinajstić information content (AvgIpc) is 2.24. The van der Waals surface area contributed by atoms with Gasteiger partial charge in [0.2, 0.25) is 0 Å². The van der Waals surface area contributed by atoms with Crippen molar-refractivity contribution in [3.05, 3.63) is 28.2 Å². The molecular weight excluding hydrogens is 233 g/mol. The van der Waals surface area contributed by atoms with E-state index in [0.717, 1.165) is 31.9 Å². The summed E-state index contributed by atoms with van der Waals surface area (Å²) in [4.78, 5) is 2.21. The van der Waals surface area contributed by atoms with Crippen molar-refractivity contribution in [2.24, 2.45) is 5.84 Å². The van der Waals surface area contributed by atoms with E-state index in [1.54, 1.807) is 6.07 Å². The summed E-state index contributed by atoms with van der Waals surface area (Å²) in [6.07, 6.45) is 0. The minimum absolute atomic E-state index is 0.601. The number of nitrogens with two attached hydrogens (primary N) is 1. The standard InChI is InChI=1S/C10H13Cl2N3/c11-8-2-1-3-9(10(8)12)14-4-6-15(13)7-5-14/h1-3H,4-7,13H2. The minimum atomic E-state index is 0.601. The molecule has 0 amide bonds. The Morgan fingerprint density at radius 3 is 2.40 bits per heavy atom.